The highest BCUT2D eigenvalue weighted by molar-refractivity contribution is 5.26. The SMILES string of the molecule is CCc1cc(CC(O)C(C)(C)c2ccc(F)cc2)n(C)n1. The average Bonchev–Trinajstić information content (AvgIpc) is 2.80. The molecule has 0 radical (unpaired) electrons. The number of benzene rings is 1. The van der Waals surface area contributed by atoms with Crippen LogP contribution < -0.4 is 0 Å². The van der Waals surface area contributed by atoms with Crippen LogP contribution in [0.5, 0.6) is 0 Å². The van der Waals surface area contributed by atoms with Gasteiger partial charge in [-0.15, -0.1) is 0 Å². The Morgan fingerprint density at radius 2 is 1.90 bits per heavy atom. The molecule has 4 heteroatoms. The summed E-state index contributed by atoms with van der Waals surface area (Å²) in [4.78, 5) is 0. The van der Waals surface area contributed by atoms with Gasteiger partial charge in [-0.05, 0) is 30.2 Å². The van der Waals surface area contributed by atoms with Gasteiger partial charge in [0, 0.05) is 24.6 Å². The van der Waals surface area contributed by atoms with Crippen LogP contribution in [0.1, 0.15) is 37.7 Å². The lowest BCUT2D eigenvalue weighted by atomic mass is 9.77. The number of hydrogen-bond donors (Lipinski definition) is 1. The highest BCUT2D eigenvalue weighted by atomic mass is 19.1. The van der Waals surface area contributed by atoms with Crippen LogP contribution in [0.25, 0.3) is 0 Å². The molecule has 1 atom stereocenters. The zero-order valence-electron chi connectivity index (χ0n) is 13.1. The van der Waals surface area contributed by atoms with Gasteiger partial charge in [-0.25, -0.2) is 4.39 Å². The smallest absolute Gasteiger partial charge is 0.123 e. The lowest BCUT2D eigenvalue weighted by Gasteiger charge is -2.31. The van der Waals surface area contributed by atoms with Gasteiger partial charge in [0.1, 0.15) is 5.82 Å². The molecule has 1 aromatic carbocycles. The number of hydrogen-bond acceptors (Lipinski definition) is 2. The van der Waals surface area contributed by atoms with Gasteiger partial charge in [0.05, 0.1) is 11.8 Å². The van der Waals surface area contributed by atoms with Crippen LogP contribution in [0.2, 0.25) is 0 Å². The summed E-state index contributed by atoms with van der Waals surface area (Å²) >= 11 is 0. The molecular formula is C17H23FN2O. The zero-order valence-corrected chi connectivity index (χ0v) is 13.1. The van der Waals surface area contributed by atoms with Gasteiger partial charge in [-0.2, -0.15) is 5.10 Å². The van der Waals surface area contributed by atoms with Crippen molar-refractivity contribution in [3.63, 3.8) is 0 Å². The highest BCUT2D eigenvalue weighted by Crippen LogP contribution is 2.29. The molecule has 0 aliphatic heterocycles. The lowest BCUT2D eigenvalue weighted by molar-refractivity contribution is 0.0980. The van der Waals surface area contributed by atoms with E-state index in [4.69, 9.17) is 0 Å². The van der Waals surface area contributed by atoms with Crippen LogP contribution >= 0.6 is 0 Å². The first-order chi connectivity index (χ1) is 9.84. The number of rotatable bonds is 5. The average molecular weight is 290 g/mol. The molecule has 0 saturated heterocycles. The van der Waals surface area contributed by atoms with Crippen molar-refractivity contribution >= 4 is 0 Å². The number of aromatic nitrogens is 2. The Hall–Kier alpha value is -1.68. The third-order valence-electron chi connectivity index (χ3n) is 4.21. The van der Waals surface area contributed by atoms with Crippen molar-refractivity contribution < 1.29 is 9.50 Å². The number of nitrogens with zero attached hydrogens (tertiary/aromatic N) is 2. The first-order valence-corrected chi connectivity index (χ1v) is 7.30. The summed E-state index contributed by atoms with van der Waals surface area (Å²) < 4.78 is 14.9. The second kappa shape index (κ2) is 5.98. The van der Waals surface area contributed by atoms with Crippen molar-refractivity contribution in [3.05, 3.63) is 53.1 Å². The molecule has 1 unspecified atom stereocenters. The van der Waals surface area contributed by atoms with Crippen LogP contribution in [-0.2, 0) is 25.3 Å². The third kappa shape index (κ3) is 3.32. The monoisotopic (exact) mass is 290 g/mol. The fourth-order valence-electron chi connectivity index (χ4n) is 2.46. The van der Waals surface area contributed by atoms with Crippen LogP contribution in [0, 0.1) is 5.82 Å². The maximum absolute atomic E-state index is 13.0. The molecule has 114 valence electrons. The van der Waals surface area contributed by atoms with Gasteiger partial charge in [0.2, 0.25) is 0 Å². The molecule has 0 fully saturated rings. The van der Waals surface area contributed by atoms with E-state index < -0.39 is 11.5 Å². The molecule has 21 heavy (non-hydrogen) atoms. The number of aliphatic hydroxyl groups excluding tert-OH is 1. The van der Waals surface area contributed by atoms with E-state index in [0.717, 1.165) is 23.4 Å². The Labute approximate surface area is 125 Å². The summed E-state index contributed by atoms with van der Waals surface area (Å²) in [5.74, 6) is -0.261. The van der Waals surface area contributed by atoms with Gasteiger partial charge in [0.15, 0.2) is 0 Å². The van der Waals surface area contributed by atoms with Gasteiger partial charge in [0.25, 0.3) is 0 Å². The molecule has 1 aromatic heterocycles. The van der Waals surface area contributed by atoms with E-state index in [1.54, 1.807) is 12.1 Å². The van der Waals surface area contributed by atoms with Crippen molar-refractivity contribution in [1.29, 1.82) is 0 Å². The van der Waals surface area contributed by atoms with Crippen LogP contribution in [-0.4, -0.2) is 21.0 Å². The van der Waals surface area contributed by atoms with Crippen LogP contribution in [0.15, 0.2) is 30.3 Å². The predicted octanol–water partition coefficient (Wildman–Crippen LogP) is 3.00. The lowest BCUT2D eigenvalue weighted by Crippen LogP contribution is -2.35. The first kappa shape index (κ1) is 15.7. The highest BCUT2D eigenvalue weighted by Gasteiger charge is 2.30. The minimum Gasteiger partial charge on any atom is -0.392 e. The largest absolute Gasteiger partial charge is 0.392 e. The molecule has 2 aromatic rings. The normalized spacial score (nSPS) is 13.4. The summed E-state index contributed by atoms with van der Waals surface area (Å²) in [6.07, 6.45) is 0.835. The van der Waals surface area contributed by atoms with E-state index in [-0.39, 0.29) is 5.82 Å². The Balaban J connectivity index is 2.19. The van der Waals surface area contributed by atoms with Crippen molar-refractivity contribution in [2.45, 2.75) is 45.1 Å². The fourth-order valence-corrected chi connectivity index (χ4v) is 2.46. The van der Waals surface area contributed by atoms with Crippen molar-refractivity contribution in [2.75, 3.05) is 0 Å². The Bertz CT molecular complexity index is 602. The summed E-state index contributed by atoms with van der Waals surface area (Å²) in [5.41, 5.74) is 2.51. The standard InChI is InChI=1S/C17H23FN2O/c1-5-14-10-15(20(4)19-14)11-16(21)17(2,3)12-6-8-13(18)9-7-12/h6-10,16,21H,5,11H2,1-4H3. The van der Waals surface area contributed by atoms with Gasteiger partial charge in [-0.1, -0.05) is 32.9 Å². The second-order valence-electron chi connectivity index (χ2n) is 6.05. The first-order valence-electron chi connectivity index (χ1n) is 7.30. The Morgan fingerprint density at radius 1 is 1.29 bits per heavy atom. The molecule has 3 nitrogen and oxygen atoms in total. The zero-order chi connectivity index (χ0) is 15.6. The molecule has 0 saturated carbocycles. The minimum absolute atomic E-state index is 0.261. The second-order valence-corrected chi connectivity index (χ2v) is 6.05. The van der Waals surface area contributed by atoms with E-state index in [9.17, 15) is 9.50 Å². The molecule has 1 heterocycles. The molecule has 0 spiro atoms. The summed E-state index contributed by atoms with van der Waals surface area (Å²) in [5, 5.41) is 15.0. The van der Waals surface area contributed by atoms with E-state index in [1.807, 2.05) is 31.6 Å². The predicted molar refractivity (Wildman–Crippen MR) is 81.7 cm³/mol. The van der Waals surface area contributed by atoms with Gasteiger partial charge in [-0.3, -0.25) is 4.68 Å². The van der Waals surface area contributed by atoms with Crippen LogP contribution in [0.4, 0.5) is 4.39 Å². The maximum Gasteiger partial charge on any atom is 0.123 e. The molecule has 0 bridgehead atoms. The van der Waals surface area contributed by atoms with Crippen LogP contribution in [0.3, 0.4) is 0 Å². The minimum atomic E-state index is -0.567. The summed E-state index contributed by atoms with van der Waals surface area (Å²) in [6, 6.07) is 8.37. The molecule has 0 aliphatic carbocycles. The molecule has 0 aliphatic rings. The van der Waals surface area contributed by atoms with Crippen molar-refractivity contribution in [2.24, 2.45) is 7.05 Å². The Kier molecular flexibility index (Phi) is 4.47. The third-order valence-corrected chi connectivity index (χ3v) is 4.21. The van der Waals surface area contributed by atoms with Crippen molar-refractivity contribution in [3.8, 4) is 0 Å². The summed E-state index contributed by atoms with van der Waals surface area (Å²) in [7, 11) is 1.89. The Morgan fingerprint density at radius 3 is 2.43 bits per heavy atom. The number of aliphatic hydroxyl groups is 1. The van der Waals surface area contributed by atoms with E-state index >= 15 is 0 Å². The molecular weight excluding hydrogens is 267 g/mol. The number of halogens is 1. The van der Waals surface area contributed by atoms with Gasteiger partial charge < -0.3 is 5.11 Å². The van der Waals surface area contributed by atoms with E-state index in [0.29, 0.717) is 6.42 Å². The quantitative estimate of drug-likeness (QED) is 0.919. The van der Waals surface area contributed by atoms with Crippen molar-refractivity contribution in [1.82, 2.24) is 9.78 Å². The fraction of sp³-hybridized carbons (Fsp3) is 0.471. The molecule has 2 rings (SSSR count). The maximum atomic E-state index is 13.0. The van der Waals surface area contributed by atoms with Gasteiger partial charge >= 0.3 is 0 Å². The molecule has 0 amide bonds. The summed E-state index contributed by atoms with van der Waals surface area (Å²) in [6.45, 7) is 6.01. The molecule has 1 N–H and O–H groups in total. The van der Waals surface area contributed by atoms with E-state index in [1.165, 1.54) is 12.1 Å². The van der Waals surface area contributed by atoms with E-state index in [2.05, 4.69) is 12.0 Å². The number of aryl methyl sites for hydroxylation is 2. The topological polar surface area (TPSA) is 38.0 Å².